The van der Waals surface area contributed by atoms with E-state index >= 15 is 0 Å². The lowest BCUT2D eigenvalue weighted by Gasteiger charge is -2.04. The molecule has 0 radical (unpaired) electrons. The number of hydrogen-bond acceptors (Lipinski definition) is 2. The minimum atomic E-state index is 0.262. The quantitative estimate of drug-likeness (QED) is 0.771. The first-order chi connectivity index (χ1) is 7.08. The normalized spacial score (nSPS) is 10.6. The van der Waals surface area contributed by atoms with Crippen LogP contribution in [0.4, 0.5) is 0 Å². The SMILES string of the molecule is Cc1ccc(-n2cc(C)c(C)n2)c(O)c1. The summed E-state index contributed by atoms with van der Waals surface area (Å²) in [7, 11) is 0. The smallest absolute Gasteiger partial charge is 0.141 e. The van der Waals surface area contributed by atoms with Crippen LogP contribution in [0.1, 0.15) is 16.8 Å². The Hall–Kier alpha value is -1.77. The van der Waals surface area contributed by atoms with Gasteiger partial charge in [0.1, 0.15) is 11.4 Å². The third-order valence-electron chi connectivity index (χ3n) is 2.52. The van der Waals surface area contributed by atoms with E-state index in [1.807, 2.05) is 39.1 Å². The van der Waals surface area contributed by atoms with Gasteiger partial charge in [-0.15, -0.1) is 0 Å². The van der Waals surface area contributed by atoms with Crippen LogP contribution < -0.4 is 0 Å². The van der Waals surface area contributed by atoms with Gasteiger partial charge >= 0.3 is 0 Å². The van der Waals surface area contributed by atoms with Gasteiger partial charge in [-0.3, -0.25) is 0 Å². The number of phenols is 1. The summed E-state index contributed by atoms with van der Waals surface area (Å²) < 4.78 is 1.71. The fraction of sp³-hybridized carbons (Fsp3) is 0.250. The van der Waals surface area contributed by atoms with E-state index in [0.717, 1.165) is 22.5 Å². The number of rotatable bonds is 1. The average molecular weight is 202 g/mol. The van der Waals surface area contributed by atoms with Crippen molar-refractivity contribution in [2.75, 3.05) is 0 Å². The van der Waals surface area contributed by atoms with Crippen molar-refractivity contribution >= 4 is 0 Å². The van der Waals surface area contributed by atoms with E-state index in [9.17, 15) is 5.11 Å². The minimum Gasteiger partial charge on any atom is -0.506 e. The second-order valence-electron chi connectivity index (χ2n) is 3.83. The van der Waals surface area contributed by atoms with Crippen LogP contribution in [-0.4, -0.2) is 14.9 Å². The lowest BCUT2D eigenvalue weighted by molar-refractivity contribution is 0.470. The van der Waals surface area contributed by atoms with E-state index in [4.69, 9.17) is 0 Å². The van der Waals surface area contributed by atoms with Crippen molar-refractivity contribution in [3.8, 4) is 11.4 Å². The second kappa shape index (κ2) is 3.42. The van der Waals surface area contributed by atoms with E-state index in [1.165, 1.54) is 0 Å². The van der Waals surface area contributed by atoms with Crippen molar-refractivity contribution in [2.45, 2.75) is 20.8 Å². The molecule has 3 nitrogen and oxygen atoms in total. The monoisotopic (exact) mass is 202 g/mol. The predicted molar refractivity (Wildman–Crippen MR) is 59.4 cm³/mol. The molecule has 1 aromatic carbocycles. The Morgan fingerprint density at radius 2 is 1.93 bits per heavy atom. The summed E-state index contributed by atoms with van der Waals surface area (Å²) in [6, 6.07) is 5.57. The molecule has 0 aliphatic rings. The molecule has 0 aliphatic carbocycles. The predicted octanol–water partition coefficient (Wildman–Crippen LogP) is 2.50. The summed E-state index contributed by atoms with van der Waals surface area (Å²) in [5, 5.41) is 14.1. The first-order valence-electron chi connectivity index (χ1n) is 4.91. The highest BCUT2D eigenvalue weighted by Crippen LogP contribution is 2.22. The van der Waals surface area contributed by atoms with E-state index in [-0.39, 0.29) is 5.75 Å². The van der Waals surface area contributed by atoms with Crippen molar-refractivity contribution in [1.29, 1.82) is 0 Å². The van der Waals surface area contributed by atoms with Gasteiger partial charge in [-0.25, -0.2) is 4.68 Å². The molecule has 2 rings (SSSR count). The Balaban J connectivity index is 2.54. The number of benzene rings is 1. The molecular weight excluding hydrogens is 188 g/mol. The van der Waals surface area contributed by atoms with Crippen LogP contribution in [0, 0.1) is 20.8 Å². The zero-order valence-electron chi connectivity index (χ0n) is 9.15. The summed E-state index contributed by atoms with van der Waals surface area (Å²) >= 11 is 0. The Morgan fingerprint density at radius 1 is 1.20 bits per heavy atom. The van der Waals surface area contributed by atoms with Crippen LogP contribution in [0.2, 0.25) is 0 Å². The zero-order chi connectivity index (χ0) is 11.0. The van der Waals surface area contributed by atoms with Crippen molar-refractivity contribution < 1.29 is 5.11 Å². The van der Waals surface area contributed by atoms with E-state index in [0.29, 0.717) is 0 Å². The number of aryl methyl sites for hydroxylation is 3. The largest absolute Gasteiger partial charge is 0.506 e. The van der Waals surface area contributed by atoms with Crippen molar-refractivity contribution in [3.63, 3.8) is 0 Å². The average Bonchev–Trinajstić information content (AvgIpc) is 2.46. The van der Waals surface area contributed by atoms with Crippen LogP contribution in [0.3, 0.4) is 0 Å². The van der Waals surface area contributed by atoms with Crippen molar-refractivity contribution in [2.24, 2.45) is 0 Å². The molecule has 78 valence electrons. The zero-order valence-corrected chi connectivity index (χ0v) is 9.15. The van der Waals surface area contributed by atoms with Gasteiger partial charge in [0.15, 0.2) is 0 Å². The summed E-state index contributed by atoms with van der Waals surface area (Å²) in [6.45, 7) is 5.91. The summed E-state index contributed by atoms with van der Waals surface area (Å²) in [5.41, 5.74) is 3.86. The Morgan fingerprint density at radius 3 is 2.47 bits per heavy atom. The van der Waals surface area contributed by atoms with Crippen LogP contribution in [0.25, 0.3) is 5.69 Å². The first-order valence-corrected chi connectivity index (χ1v) is 4.91. The van der Waals surface area contributed by atoms with E-state index < -0.39 is 0 Å². The molecule has 0 unspecified atom stereocenters. The maximum absolute atomic E-state index is 9.78. The minimum absolute atomic E-state index is 0.262. The summed E-state index contributed by atoms with van der Waals surface area (Å²) in [4.78, 5) is 0. The third-order valence-corrected chi connectivity index (χ3v) is 2.52. The van der Waals surface area contributed by atoms with Crippen LogP contribution in [-0.2, 0) is 0 Å². The fourth-order valence-corrected chi connectivity index (χ4v) is 1.50. The van der Waals surface area contributed by atoms with E-state index in [1.54, 1.807) is 10.7 Å². The molecule has 3 heteroatoms. The molecule has 2 aromatic rings. The topological polar surface area (TPSA) is 38.0 Å². The van der Waals surface area contributed by atoms with Crippen LogP contribution in [0.15, 0.2) is 24.4 Å². The number of nitrogens with zero attached hydrogens (tertiary/aromatic N) is 2. The number of aromatic hydroxyl groups is 1. The van der Waals surface area contributed by atoms with Crippen molar-refractivity contribution in [3.05, 3.63) is 41.2 Å². The van der Waals surface area contributed by atoms with Crippen LogP contribution >= 0.6 is 0 Å². The van der Waals surface area contributed by atoms with Gasteiger partial charge in [-0.05, 0) is 44.0 Å². The molecule has 1 N–H and O–H groups in total. The van der Waals surface area contributed by atoms with Gasteiger partial charge < -0.3 is 5.11 Å². The lowest BCUT2D eigenvalue weighted by atomic mass is 10.2. The molecular formula is C12H14N2O. The van der Waals surface area contributed by atoms with Gasteiger partial charge in [0, 0.05) is 6.20 Å². The Labute approximate surface area is 89.0 Å². The highest BCUT2D eigenvalue weighted by atomic mass is 16.3. The molecule has 15 heavy (non-hydrogen) atoms. The molecule has 0 bridgehead atoms. The molecule has 0 aliphatic heterocycles. The molecule has 0 spiro atoms. The molecule has 0 amide bonds. The number of aromatic nitrogens is 2. The number of phenolic OH excluding ortho intramolecular Hbond substituents is 1. The molecule has 0 fully saturated rings. The fourth-order valence-electron chi connectivity index (χ4n) is 1.50. The molecule has 0 saturated carbocycles. The molecule has 0 atom stereocenters. The molecule has 1 aromatic heterocycles. The standard InChI is InChI=1S/C12H14N2O/c1-8-4-5-11(12(15)6-8)14-7-9(2)10(3)13-14/h4-7,15H,1-3H3. The van der Waals surface area contributed by atoms with E-state index in [2.05, 4.69) is 5.10 Å². The maximum Gasteiger partial charge on any atom is 0.141 e. The third kappa shape index (κ3) is 1.73. The van der Waals surface area contributed by atoms with Crippen LogP contribution in [0.5, 0.6) is 5.75 Å². The lowest BCUT2D eigenvalue weighted by Crippen LogP contribution is -1.95. The van der Waals surface area contributed by atoms with Gasteiger partial charge in [-0.2, -0.15) is 5.10 Å². The summed E-state index contributed by atoms with van der Waals surface area (Å²) in [6.07, 6.45) is 1.92. The van der Waals surface area contributed by atoms with Gasteiger partial charge in [0.25, 0.3) is 0 Å². The maximum atomic E-state index is 9.78. The Kier molecular flexibility index (Phi) is 2.23. The highest BCUT2D eigenvalue weighted by Gasteiger charge is 2.06. The van der Waals surface area contributed by atoms with Gasteiger partial charge in [0.2, 0.25) is 0 Å². The van der Waals surface area contributed by atoms with Gasteiger partial charge in [-0.1, -0.05) is 6.07 Å². The Bertz CT molecular complexity index is 481. The molecule has 1 heterocycles. The second-order valence-corrected chi connectivity index (χ2v) is 3.83. The summed E-state index contributed by atoms with van der Waals surface area (Å²) in [5.74, 6) is 0.262. The van der Waals surface area contributed by atoms with Gasteiger partial charge in [0.05, 0.1) is 5.69 Å². The van der Waals surface area contributed by atoms with Crippen molar-refractivity contribution in [1.82, 2.24) is 9.78 Å². The molecule has 0 saturated heterocycles. The highest BCUT2D eigenvalue weighted by molar-refractivity contribution is 5.47. The first kappa shape index (κ1) is 9.77. The number of hydrogen-bond donors (Lipinski definition) is 1.